The minimum atomic E-state index is -0.748. The number of likely N-dealkylation sites (tertiary alicyclic amines) is 1. The van der Waals surface area contributed by atoms with Gasteiger partial charge in [-0.1, -0.05) is 38.1 Å². The highest BCUT2D eigenvalue weighted by Crippen LogP contribution is 2.34. The molecule has 2 amide bonds. The molecule has 3 atom stereocenters. The number of aromatic nitrogens is 3. The molecule has 10 nitrogen and oxygen atoms in total. The minimum absolute atomic E-state index is 0.0992. The molecular weight excluding hydrogens is 414 g/mol. The molecule has 2 heterocycles. The van der Waals surface area contributed by atoms with Crippen molar-refractivity contribution in [3.05, 3.63) is 36.2 Å². The van der Waals surface area contributed by atoms with Crippen LogP contribution in [-0.4, -0.2) is 69.7 Å². The zero-order valence-electron chi connectivity index (χ0n) is 19.1. The third-order valence-corrected chi connectivity index (χ3v) is 5.43. The number of carbonyl (C=O) groups is 2. The Morgan fingerprint density at radius 3 is 2.59 bits per heavy atom. The number of aliphatic hydroxyl groups excluding tert-OH is 1. The third-order valence-electron chi connectivity index (χ3n) is 5.43. The van der Waals surface area contributed by atoms with Gasteiger partial charge in [0.15, 0.2) is 11.5 Å². The zero-order chi connectivity index (χ0) is 23.5. The van der Waals surface area contributed by atoms with Crippen LogP contribution in [0.3, 0.4) is 0 Å². The van der Waals surface area contributed by atoms with Crippen LogP contribution in [0.1, 0.15) is 38.9 Å². The number of carbonyl (C=O) groups excluding carboxylic acids is 2. The van der Waals surface area contributed by atoms with E-state index in [2.05, 4.69) is 15.6 Å². The first kappa shape index (κ1) is 23.5. The fraction of sp³-hybridized carbons (Fsp3) is 0.545. The van der Waals surface area contributed by atoms with Crippen molar-refractivity contribution in [2.45, 2.75) is 52.0 Å². The van der Waals surface area contributed by atoms with Crippen molar-refractivity contribution in [3.8, 4) is 11.5 Å². The summed E-state index contributed by atoms with van der Waals surface area (Å²) in [5, 5.41) is 21.0. The minimum Gasteiger partial charge on any atom is -0.493 e. The summed E-state index contributed by atoms with van der Waals surface area (Å²) in [4.78, 5) is 27.3. The number of nitrogens with zero attached hydrogens (tertiary/aromatic N) is 4. The molecule has 2 N–H and O–H groups in total. The van der Waals surface area contributed by atoms with E-state index in [1.165, 1.54) is 16.6 Å². The standard InChI is InChI=1S/C22H31N5O5/c1-22(2,3)19(21(30)26-12-15(28)10-16(26)20(29)23-4)27-11-14(24-25-27)13-32-18-9-7-6-8-17(18)31-5/h6-9,11,15-16,19,28H,10,12-13H2,1-5H3,(H,23,29)/t15?,16?,19-/m1/s1. The van der Waals surface area contributed by atoms with Crippen molar-refractivity contribution in [2.24, 2.45) is 5.41 Å². The molecule has 1 fully saturated rings. The third kappa shape index (κ3) is 5.01. The maximum Gasteiger partial charge on any atom is 0.248 e. The van der Waals surface area contributed by atoms with Crippen LogP contribution in [0.5, 0.6) is 11.5 Å². The number of benzene rings is 1. The Morgan fingerprint density at radius 2 is 1.97 bits per heavy atom. The maximum absolute atomic E-state index is 13.5. The van der Waals surface area contributed by atoms with E-state index in [1.54, 1.807) is 25.4 Å². The molecule has 10 heteroatoms. The van der Waals surface area contributed by atoms with Gasteiger partial charge in [-0.3, -0.25) is 9.59 Å². The normalized spacial score (nSPS) is 19.5. The summed E-state index contributed by atoms with van der Waals surface area (Å²) in [6, 6.07) is 5.85. The van der Waals surface area contributed by atoms with E-state index in [0.717, 1.165) is 0 Å². The lowest BCUT2D eigenvalue weighted by Gasteiger charge is -2.34. The zero-order valence-corrected chi connectivity index (χ0v) is 19.1. The molecule has 0 bridgehead atoms. The number of hydrogen-bond acceptors (Lipinski definition) is 7. The predicted octanol–water partition coefficient (Wildman–Crippen LogP) is 1.16. The number of methoxy groups -OCH3 is 1. The molecular formula is C22H31N5O5. The lowest BCUT2D eigenvalue weighted by atomic mass is 9.85. The Bertz CT molecular complexity index is 954. The summed E-state index contributed by atoms with van der Waals surface area (Å²) >= 11 is 0. The van der Waals surface area contributed by atoms with Crippen LogP contribution in [0.15, 0.2) is 30.5 Å². The summed E-state index contributed by atoms with van der Waals surface area (Å²) in [5.74, 6) is 0.597. The van der Waals surface area contributed by atoms with E-state index in [9.17, 15) is 14.7 Å². The number of para-hydroxylation sites is 2. The Labute approximate surface area is 187 Å². The molecule has 0 spiro atoms. The van der Waals surface area contributed by atoms with Gasteiger partial charge >= 0.3 is 0 Å². The number of likely N-dealkylation sites (N-methyl/N-ethyl adjacent to an activating group) is 1. The van der Waals surface area contributed by atoms with Gasteiger partial charge < -0.3 is 24.8 Å². The first-order valence-electron chi connectivity index (χ1n) is 10.5. The van der Waals surface area contributed by atoms with Crippen LogP contribution < -0.4 is 14.8 Å². The fourth-order valence-corrected chi connectivity index (χ4v) is 3.91. The second-order valence-corrected chi connectivity index (χ2v) is 8.91. The number of β-amino-alcohol motifs (C(OH)–C–C–N with tert-alkyl or cyclic N) is 1. The highest BCUT2D eigenvalue weighted by atomic mass is 16.5. The van der Waals surface area contributed by atoms with Gasteiger partial charge in [-0.2, -0.15) is 0 Å². The molecule has 2 aromatic rings. The SMILES string of the molecule is CNC(=O)C1CC(O)CN1C(=O)[C@@H](n1cc(COc2ccccc2OC)nn1)C(C)(C)C. The molecule has 1 aromatic carbocycles. The number of aliphatic hydroxyl groups is 1. The smallest absolute Gasteiger partial charge is 0.248 e. The topological polar surface area (TPSA) is 119 Å². The van der Waals surface area contributed by atoms with Crippen molar-refractivity contribution in [1.82, 2.24) is 25.2 Å². The van der Waals surface area contributed by atoms with E-state index < -0.39 is 23.6 Å². The average Bonchev–Trinajstić information content (AvgIpc) is 3.37. The van der Waals surface area contributed by atoms with Crippen molar-refractivity contribution >= 4 is 11.8 Å². The van der Waals surface area contributed by atoms with E-state index >= 15 is 0 Å². The molecule has 0 saturated carbocycles. The van der Waals surface area contributed by atoms with Gasteiger partial charge in [0.25, 0.3) is 0 Å². The van der Waals surface area contributed by atoms with Crippen molar-refractivity contribution in [2.75, 3.05) is 20.7 Å². The van der Waals surface area contributed by atoms with Crippen LogP contribution in [0, 0.1) is 5.41 Å². The van der Waals surface area contributed by atoms with E-state index in [-0.39, 0.29) is 31.4 Å². The van der Waals surface area contributed by atoms with Gasteiger partial charge in [-0.05, 0) is 17.5 Å². The molecule has 1 aromatic heterocycles. The van der Waals surface area contributed by atoms with Gasteiger partial charge in [-0.25, -0.2) is 4.68 Å². The molecule has 1 saturated heterocycles. The van der Waals surface area contributed by atoms with Crippen molar-refractivity contribution in [1.29, 1.82) is 0 Å². The molecule has 32 heavy (non-hydrogen) atoms. The molecule has 3 rings (SSSR count). The lowest BCUT2D eigenvalue weighted by molar-refractivity contribution is -0.144. The van der Waals surface area contributed by atoms with Crippen LogP contribution in [-0.2, 0) is 16.2 Å². The van der Waals surface area contributed by atoms with Crippen molar-refractivity contribution < 1.29 is 24.2 Å². The van der Waals surface area contributed by atoms with Crippen molar-refractivity contribution in [3.63, 3.8) is 0 Å². The Balaban J connectivity index is 1.81. The number of amides is 2. The monoisotopic (exact) mass is 445 g/mol. The number of rotatable bonds is 7. The van der Waals surface area contributed by atoms with Gasteiger partial charge in [0.1, 0.15) is 24.4 Å². The van der Waals surface area contributed by atoms with Gasteiger partial charge in [-0.15, -0.1) is 5.10 Å². The fourth-order valence-electron chi connectivity index (χ4n) is 3.91. The predicted molar refractivity (Wildman–Crippen MR) is 116 cm³/mol. The Morgan fingerprint density at radius 1 is 1.28 bits per heavy atom. The first-order chi connectivity index (χ1) is 15.2. The Hall–Kier alpha value is -3.14. The van der Waals surface area contributed by atoms with Gasteiger partial charge in [0.05, 0.1) is 19.4 Å². The second kappa shape index (κ2) is 9.56. The van der Waals surface area contributed by atoms with E-state index in [1.807, 2.05) is 32.9 Å². The van der Waals surface area contributed by atoms with Gasteiger partial charge in [0.2, 0.25) is 11.8 Å². The molecule has 1 aliphatic rings. The summed E-state index contributed by atoms with van der Waals surface area (Å²) < 4.78 is 12.6. The summed E-state index contributed by atoms with van der Waals surface area (Å²) in [5.41, 5.74) is 0.0223. The van der Waals surface area contributed by atoms with Crippen LogP contribution in [0.4, 0.5) is 0 Å². The van der Waals surface area contributed by atoms with Gasteiger partial charge in [0, 0.05) is 20.0 Å². The maximum atomic E-state index is 13.5. The molecule has 1 aliphatic heterocycles. The highest BCUT2D eigenvalue weighted by Gasteiger charge is 2.45. The largest absolute Gasteiger partial charge is 0.493 e. The Kier molecular flexibility index (Phi) is 7.02. The quantitative estimate of drug-likeness (QED) is 0.656. The number of ether oxygens (including phenoxy) is 2. The van der Waals surface area contributed by atoms with E-state index in [0.29, 0.717) is 17.2 Å². The summed E-state index contributed by atoms with van der Waals surface area (Å²) in [7, 11) is 3.09. The van der Waals surface area contributed by atoms with Crippen LogP contribution in [0.25, 0.3) is 0 Å². The molecule has 2 unspecified atom stereocenters. The number of nitrogens with one attached hydrogen (secondary N) is 1. The summed E-state index contributed by atoms with van der Waals surface area (Å²) in [6.45, 7) is 6.01. The van der Waals surface area contributed by atoms with Crippen LogP contribution in [0.2, 0.25) is 0 Å². The summed E-state index contributed by atoms with van der Waals surface area (Å²) in [6.07, 6.45) is 1.13. The van der Waals surface area contributed by atoms with E-state index in [4.69, 9.17) is 9.47 Å². The molecule has 174 valence electrons. The second-order valence-electron chi connectivity index (χ2n) is 8.91. The highest BCUT2D eigenvalue weighted by molar-refractivity contribution is 5.90. The molecule has 0 aliphatic carbocycles. The number of hydrogen-bond donors (Lipinski definition) is 2. The van der Waals surface area contributed by atoms with Crippen LogP contribution >= 0.6 is 0 Å². The first-order valence-corrected chi connectivity index (χ1v) is 10.5. The average molecular weight is 446 g/mol. The lowest BCUT2D eigenvalue weighted by Crippen LogP contribution is -2.49. The molecule has 0 radical (unpaired) electrons.